The molecule has 0 heterocycles. The number of amides is 3. The van der Waals surface area contributed by atoms with Crippen LogP contribution in [0.3, 0.4) is 0 Å². The van der Waals surface area contributed by atoms with Crippen LogP contribution in [0, 0.1) is 6.92 Å². The quantitative estimate of drug-likeness (QED) is 0.805. The molecule has 2 rings (SSSR count). The molecule has 2 aromatic carbocycles. The Morgan fingerprint density at radius 3 is 1.90 bits per heavy atom. The minimum absolute atomic E-state index is 0.156. The van der Waals surface area contributed by atoms with Crippen molar-refractivity contribution in [3.05, 3.63) is 54.1 Å². The summed E-state index contributed by atoms with van der Waals surface area (Å²) in [6, 6.07) is 14.2. The molecular weight excluding hydrogens is 266 g/mol. The van der Waals surface area contributed by atoms with Crippen molar-refractivity contribution < 1.29 is 9.59 Å². The van der Waals surface area contributed by atoms with Gasteiger partial charge in [0.2, 0.25) is 5.91 Å². The number of benzene rings is 2. The van der Waals surface area contributed by atoms with Gasteiger partial charge >= 0.3 is 6.03 Å². The predicted octanol–water partition coefficient (Wildman–Crippen LogP) is 3.60. The zero-order valence-corrected chi connectivity index (χ0v) is 11.9. The molecule has 0 fully saturated rings. The summed E-state index contributed by atoms with van der Waals surface area (Å²) in [5.74, 6) is -0.156. The monoisotopic (exact) mass is 283 g/mol. The summed E-state index contributed by atoms with van der Waals surface area (Å²) >= 11 is 0. The van der Waals surface area contributed by atoms with Crippen LogP contribution in [0.1, 0.15) is 12.5 Å². The number of aryl methyl sites for hydroxylation is 1. The van der Waals surface area contributed by atoms with Crippen LogP contribution in [-0.4, -0.2) is 11.9 Å². The second-order valence-corrected chi connectivity index (χ2v) is 4.71. The highest BCUT2D eigenvalue weighted by Crippen LogP contribution is 2.16. The van der Waals surface area contributed by atoms with Gasteiger partial charge in [-0.25, -0.2) is 4.79 Å². The Kier molecular flexibility index (Phi) is 4.56. The number of carbonyl (C=O) groups is 2. The first-order valence-electron chi connectivity index (χ1n) is 6.55. The third kappa shape index (κ3) is 4.65. The Bertz CT molecular complexity index is 668. The molecule has 3 N–H and O–H groups in total. The Labute approximate surface area is 123 Å². The van der Waals surface area contributed by atoms with Crippen LogP contribution >= 0.6 is 0 Å². The maximum Gasteiger partial charge on any atom is 0.323 e. The molecule has 0 aliphatic heterocycles. The summed E-state index contributed by atoms with van der Waals surface area (Å²) in [6.07, 6.45) is 0. The summed E-state index contributed by atoms with van der Waals surface area (Å²) < 4.78 is 0. The SMILES string of the molecule is CC(=O)Nc1cccc(NC(=O)Nc2cccc(C)c2)c1. The predicted molar refractivity (Wildman–Crippen MR) is 84.6 cm³/mol. The first-order valence-corrected chi connectivity index (χ1v) is 6.55. The number of urea groups is 1. The van der Waals surface area contributed by atoms with Crippen LogP contribution in [0.25, 0.3) is 0 Å². The van der Waals surface area contributed by atoms with Crippen molar-refractivity contribution >= 4 is 29.0 Å². The molecule has 108 valence electrons. The van der Waals surface area contributed by atoms with Crippen molar-refractivity contribution in [2.75, 3.05) is 16.0 Å². The Morgan fingerprint density at radius 1 is 0.810 bits per heavy atom. The average Bonchev–Trinajstić information content (AvgIpc) is 2.37. The Balaban J connectivity index is 2.01. The molecule has 0 aromatic heterocycles. The Hall–Kier alpha value is -2.82. The Morgan fingerprint density at radius 2 is 1.33 bits per heavy atom. The normalized spacial score (nSPS) is 9.81. The van der Waals surface area contributed by atoms with Crippen molar-refractivity contribution in [2.24, 2.45) is 0 Å². The molecule has 0 saturated heterocycles. The molecule has 0 atom stereocenters. The van der Waals surface area contributed by atoms with E-state index in [1.54, 1.807) is 24.3 Å². The number of hydrogen-bond donors (Lipinski definition) is 3. The molecule has 5 nitrogen and oxygen atoms in total. The molecule has 0 radical (unpaired) electrons. The lowest BCUT2D eigenvalue weighted by atomic mass is 10.2. The lowest BCUT2D eigenvalue weighted by Gasteiger charge is -2.09. The fourth-order valence-corrected chi connectivity index (χ4v) is 1.89. The second kappa shape index (κ2) is 6.56. The minimum Gasteiger partial charge on any atom is -0.326 e. The van der Waals surface area contributed by atoms with E-state index in [9.17, 15) is 9.59 Å². The molecule has 0 aliphatic carbocycles. The van der Waals surface area contributed by atoms with Crippen molar-refractivity contribution in [3.63, 3.8) is 0 Å². The number of anilines is 3. The van der Waals surface area contributed by atoms with Gasteiger partial charge in [-0.2, -0.15) is 0 Å². The van der Waals surface area contributed by atoms with Gasteiger partial charge in [-0.05, 0) is 42.8 Å². The fraction of sp³-hybridized carbons (Fsp3) is 0.125. The van der Waals surface area contributed by atoms with Gasteiger partial charge in [0.15, 0.2) is 0 Å². The minimum atomic E-state index is -0.333. The van der Waals surface area contributed by atoms with Crippen molar-refractivity contribution in [1.82, 2.24) is 0 Å². The van der Waals surface area contributed by atoms with Gasteiger partial charge in [0, 0.05) is 24.0 Å². The van der Waals surface area contributed by atoms with E-state index in [-0.39, 0.29) is 11.9 Å². The summed E-state index contributed by atoms with van der Waals surface area (Å²) in [6.45, 7) is 3.39. The lowest BCUT2D eigenvalue weighted by Crippen LogP contribution is -2.19. The largest absolute Gasteiger partial charge is 0.326 e. The zero-order valence-electron chi connectivity index (χ0n) is 11.9. The zero-order chi connectivity index (χ0) is 15.2. The van der Waals surface area contributed by atoms with Crippen molar-refractivity contribution in [1.29, 1.82) is 0 Å². The summed E-state index contributed by atoms with van der Waals surface area (Å²) in [4.78, 5) is 22.9. The number of carbonyl (C=O) groups excluding carboxylic acids is 2. The van der Waals surface area contributed by atoms with Gasteiger partial charge in [-0.15, -0.1) is 0 Å². The number of nitrogens with one attached hydrogen (secondary N) is 3. The van der Waals surface area contributed by atoms with Gasteiger partial charge in [0.05, 0.1) is 0 Å². The molecule has 21 heavy (non-hydrogen) atoms. The summed E-state index contributed by atoms with van der Waals surface area (Å²) in [5, 5.41) is 8.14. The van der Waals surface area contributed by atoms with Gasteiger partial charge in [0.1, 0.15) is 0 Å². The molecule has 0 bridgehead atoms. The molecule has 3 amide bonds. The van der Waals surface area contributed by atoms with Gasteiger partial charge in [-0.3, -0.25) is 4.79 Å². The second-order valence-electron chi connectivity index (χ2n) is 4.71. The number of hydrogen-bond acceptors (Lipinski definition) is 2. The van der Waals surface area contributed by atoms with E-state index < -0.39 is 0 Å². The molecule has 0 unspecified atom stereocenters. The standard InChI is InChI=1S/C16H17N3O2/c1-11-5-3-6-13(9-11)18-16(21)19-15-8-4-7-14(10-15)17-12(2)20/h3-10H,1-2H3,(H,17,20)(H2,18,19,21). The van der Waals surface area contributed by atoms with E-state index in [4.69, 9.17) is 0 Å². The molecule has 5 heteroatoms. The topological polar surface area (TPSA) is 70.2 Å². The molecule has 2 aromatic rings. The third-order valence-electron chi connectivity index (χ3n) is 2.72. The van der Waals surface area contributed by atoms with Crippen molar-refractivity contribution in [2.45, 2.75) is 13.8 Å². The first kappa shape index (κ1) is 14.6. The highest BCUT2D eigenvalue weighted by Gasteiger charge is 2.04. The molecule has 0 aliphatic rings. The van der Waals surface area contributed by atoms with Gasteiger partial charge in [0.25, 0.3) is 0 Å². The number of rotatable bonds is 3. The van der Waals surface area contributed by atoms with Crippen LogP contribution in [0.15, 0.2) is 48.5 Å². The summed E-state index contributed by atoms with van der Waals surface area (Å²) in [7, 11) is 0. The molecule has 0 saturated carbocycles. The van der Waals surface area contributed by atoms with E-state index in [0.717, 1.165) is 11.3 Å². The van der Waals surface area contributed by atoms with Crippen LogP contribution in [0.2, 0.25) is 0 Å². The van der Waals surface area contributed by atoms with Crippen LogP contribution in [0.4, 0.5) is 21.9 Å². The van der Waals surface area contributed by atoms with Gasteiger partial charge in [-0.1, -0.05) is 18.2 Å². The van der Waals surface area contributed by atoms with Crippen LogP contribution in [0.5, 0.6) is 0 Å². The van der Waals surface area contributed by atoms with E-state index >= 15 is 0 Å². The van der Waals surface area contributed by atoms with Crippen LogP contribution < -0.4 is 16.0 Å². The molecule has 0 spiro atoms. The van der Waals surface area contributed by atoms with E-state index in [1.807, 2.05) is 31.2 Å². The lowest BCUT2D eigenvalue weighted by molar-refractivity contribution is -0.114. The first-order chi connectivity index (χ1) is 10.0. The maximum absolute atomic E-state index is 11.9. The van der Waals surface area contributed by atoms with Gasteiger partial charge < -0.3 is 16.0 Å². The summed E-state index contributed by atoms with van der Waals surface area (Å²) in [5.41, 5.74) is 3.04. The third-order valence-corrected chi connectivity index (χ3v) is 2.72. The molecular formula is C16H17N3O2. The highest BCUT2D eigenvalue weighted by atomic mass is 16.2. The van der Waals surface area contributed by atoms with E-state index in [1.165, 1.54) is 6.92 Å². The smallest absolute Gasteiger partial charge is 0.323 e. The average molecular weight is 283 g/mol. The maximum atomic E-state index is 11.9. The fourth-order valence-electron chi connectivity index (χ4n) is 1.89. The van der Waals surface area contributed by atoms with E-state index in [0.29, 0.717) is 11.4 Å². The van der Waals surface area contributed by atoms with Crippen LogP contribution in [-0.2, 0) is 4.79 Å². The van der Waals surface area contributed by atoms with Crippen molar-refractivity contribution in [3.8, 4) is 0 Å². The van der Waals surface area contributed by atoms with E-state index in [2.05, 4.69) is 16.0 Å². The highest BCUT2D eigenvalue weighted by molar-refractivity contribution is 6.00.